The van der Waals surface area contributed by atoms with E-state index in [1.807, 2.05) is 37.4 Å². The van der Waals surface area contributed by atoms with Crippen LogP contribution in [0.5, 0.6) is 11.5 Å². The van der Waals surface area contributed by atoms with Crippen molar-refractivity contribution in [2.75, 3.05) is 6.61 Å². The minimum absolute atomic E-state index is 0.231. The minimum Gasteiger partial charge on any atom is -0.493 e. The van der Waals surface area contributed by atoms with E-state index in [0.717, 1.165) is 41.5 Å². The second kappa shape index (κ2) is 9.44. The van der Waals surface area contributed by atoms with E-state index in [1.165, 1.54) is 17.7 Å². The lowest BCUT2D eigenvalue weighted by atomic mass is 10.1. The van der Waals surface area contributed by atoms with Crippen LogP contribution in [0.2, 0.25) is 0 Å². The van der Waals surface area contributed by atoms with Gasteiger partial charge in [0.1, 0.15) is 35.3 Å². The summed E-state index contributed by atoms with van der Waals surface area (Å²) >= 11 is 0. The van der Waals surface area contributed by atoms with E-state index in [-0.39, 0.29) is 12.4 Å². The molecule has 0 radical (unpaired) electrons. The molecule has 4 aromatic rings. The van der Waals surface area contributed by atoms with Crippen molar-refractivity contribution < 1.29 is 18.3 Å². The van der Waals surface area contributed by atoms with Crippen LogP contribution >= 0.6 is 0 Å². The third-order valence-electron chi connectivity index (χ3n) is 5.02. The Morgan fingerprint density at radius 1 is 1.00 bits per heavy atom. The summed E-state index contributed by atoms with van der Waals surface area (Å²) in [4.78, 5) is 4.15. The number of ether oxygens (including phenoxy) is 2. The Labute approximate surface area is 175 Å². The zero-order valence-electron chi connectivity index (χ0n) is 16.9. The number of unbranched alkanes of at least 4 members (excludes halogenated alkanes) is 1. The molecule has 154 valence electrons. The first-order valence-electron chi connectivity index (χ1n) is 10.1. The van der Waals surface area contributed by atoms with Crippen LogP contribution in [0.25, 0.3) is 11.0 Å². The number of hydrogen-bond donors (Lipinski definition) is 0. The number of furan rings is 1. The summed E-state index contributed by atoms with van der Waals surface area (Å²) in [6, 6.07) is 16.0. The van der Waals surface area contributed by atoms with Crippen LogP contribution in [0.15, 0.2) is 71.4 Å². The van der Waals surface area contributed by atoms with Crippen LogP contribution in [0, 0.1) is 12.7 Å². The molecule has 0 fully saturated rings. The maximum Gasteiger partial charge on any atom is 0.146 e. The lowest BCUT2D eigenvalue weighted by molar-refractivity contribution is 0.272. The number of pyridine rings is 1. The van der Waals surface area contributed by atoms with Gasteiger partial charge in [-0.2, -0.15) is 0 Å². The van der Waals surface area contributed by atoms with Crippen LogP contribution in [-0.4, -0.2) is 11.6 Å². The van der Waals surface area contributed by atoms with Crippen molar-refractivity contribution in [1.82, 2.24) is 4.98 Å². The zero-order valence-corrected chi connectivity index (χ0v) is 16.9. The molecule has 0 amide bonds. The van der Waals surface area contributed by atoms with Crippen molar-refractivity contribution in [1.29, 1.82) is 0 Å². The smallest absolute Gasteiger partial charge is 0.146 e. The van der Waals surface area contributed by atoms with E-state index in [2.05, 4.69) is 11.1 Å². The van der Waals surface area contributed by atoms with Crippen molar-refractivity contribution >= 4 is 11.0 Å². The molecule has 0 saturated carbocycles. The maximum atomic E-state index is 13.3. The molecule has 0 unspecified atom stereocenters. The van der Waals surface area contributed by atoms with Gasteiger partial charge in [-0.15, -0.1) is 0 Å². The Bertz CT molecular complexity index is 1110. The summed E-state index contributed by atoms with van der Waals surface area (Å²) < 4.78 is 31.1. The number of hydrogen-bond acceptors (Lipinski definition) is 4. The predicted molar refractivity (Wildman–Crippen MR) is 114 cm³/mol. The Balaban J connectivity index is 1.38. The third-order valence-corrected chi connectivity index (χ3v) is 5.02. The Kier molecular flexibility index (Phi) is 6.28. The third kappa shape index (κ3) is 4.79. The van der Waals surface area contributed by atoms with Crippen LogP contribution in [0.1, 0.15) is 29.7 Å². The molecule has 0 aliphatic rings. The fourth-order valence-corrected chi connectivity index (χ4v) is 3.44. The molecule has 2 heterocycles. The molecular formula is C25H24FNO3. The Hall–Kier alpha value is -3.34. The average molecular weight is 405 g/mol. The number of rotatable bonds is 9. The summed E-state index contributed by atoms with van der Waals surface area (Å²) in [6.07, 6.45) is 6.69. The Morgan fingerprint density at radius 2 is 1.90 bits per heavy atom. The molecule has 2 aromatic heterocycles. The molecule has 4 nitrogen and oxygen atoms in total. The number of fused-ring (bicyclic) bond motifs is 1. The van der Waals surface area contributed by atoms with Crippen molar-refractivity contribution in [3.05, 3.63) is 89.7 Å². The summed E-state index contributed by atoms with van der Waals surface area (Å²) in [5.41, 5.74) is 2.98. The lowest BCUT2D eigenvalue weighted by Crippen LogP contribution is -1.99. The van der Waals surface area contributed by atoms with E-state index in [1.54, 1.807) is 18.3 Å². The van der Waals surface area contributed by atoms with Crippen LogP contribution in [0.3, 0.4) is 0 Å². The molecule has 0 aliphatic carbocycles. The average Bonchev–Trinajstić information content (AvgIpc) is 3.09. The van der Waals surface area contributed by atoms with Crippen molar-refractivity contribution in [3.8, 4) is 11.5 Å². The topological polar surface area (TPSA) is 44.5 Å². The van der Waals surface area contributed by atoms with E-state index in [9.17, 15) is 4.39 Å². The highest BCUT2D eigenvalue weighted by atomic mass is 19.1. The van der Waals surface area contributed by atoms with E-state index >= 15 is 0 Å². The van der Waals surface area contributed by atoms with Gasteiger partial charge in [0.2, 0.25) is 0 Å². The number of aryl methyl sites for hydroxylation is 2. The predicted octanol–water partition coefficient (Wildman–Crippen LogP) is 6.26. The van der Waals surface area contributed by atoms with Gasteiger partial charge in [0.05, 0.1) is 12.0 Å². The first kappa shape index (κ1) is 20.0. The van der Waals surface area contributed by atoms with Crippen LogP contribution in [-0.2, 0) is 13.0 Å². The molecule has 5 heteroatoms. The molecule has 2 aromatic carbocycles. The number of halogens is 1. The first-order valence-corrected chi connectivity index (χ1v) is 10.1. The van der Waals surface area contributed by atoms with Crippen molar-refractivity contribution in [3.63, 3.8) is 0 Å². The standard InChI is InChI=1S/C25H24FNO3/c1-18-24(17-29-21-10-4-9-20(26)15-21)30-23-12-5-11-22(25(18)23)28-14-3-2-7-19-8-6-13-27-16-19/h4-6,8-13,15-16H,2-3,7,14,17H2,1H3. The zero-order chi connectivity index (χ0) is 20.8. The second-order valence-electron chi connectivity index (χ2n) is 7.19. The SMILES string of the molecule is Cc1c(COc2cccc(F)c2)oc2cccc(OCCCCc3cccnc3)c12. The maximum absolute atomic E-state index is 13.3. The minimum atomic E-state index is -0.326. The van der Waals surface area contributed by atoms with Crippen LogP contribution in [0.4, 0.5) is 4.39 Å². The van der Waals surface area contributed by atoms with Gasteiger partial charge in [0, 0.05) is 24.0 Å². The lowest BCUT2D eigenvalue weighted by Gasteiger charge is -2.08. The molecule has 0 atom stereocenters. The van der Waals surface area contributed by atoms with Crippen molar-refractivity contribution in [2.24, 2.45) is 0 Å². The molecule has 0 bridgehead atoms. The summed E-state index contributed by atoms with van der Waals surface area (Å²) in [6.45, 7) is 2.86. The van der Waals surface area contributed by atoms with Gasteiger partial charge in [-0.3, -0.25) is 4.98 Å². The fourth-order valence-electron chi connectivity index (χ4n) is 3.44. The van der Waals surface area contributed by atoms with Crippen molar-refractivity contribution in [2.45, 2.75) is 32.8 Å². The fraction of sp³-hybridized carbons (Fsp3) is 0.240. The van der Waals surface area contributed by atoms with Gasteiger partial charge < -0.3 is 13.9 Å². The quantitative estimate of drug-likeness (QED) is 0.309. The molecule has 0 N–H and O–H groups in total. The molecular weight excluding hydrogens is 381 g/mol. The van der Waals surface area contributed by atoms with Gasteiger partial charge in [0.15, 0.2) is 0 Å². The van der Waals surface area contributed by atoms with Gasteiger partial charge in [0.25, 0.3) is 0 Å². The van der Waals surface area contributed by atoms with E-state index in [0.29, 0.717) is 18.1 Å². The number of benzene rings is 2. The van der Waals surface area contributed by atoms with Gasteiger partial charge in [-0.05, 0) is 62.1 Å². The van der Waals surface area contributed by atoms with E-state index in [4.69, 9.17) is 13.9 Å². The highest BCUT2D eigenvalue weighted by Crippen LogP contribution is 2.34. The Morgan fingerprint density at radius 3 is 2.73 bits per heavy atom. The molecule has 0 aliphatic heterocycles. The molecule has 0 saturated heterocycles. The highest BCUT2D eigenvalue weighted by Gasteiger charge is 2.15. The van der Waals surface area contributed by atoms with E-state index < -0.39 is 0 Å². The molecule has 0 spiro atoms. The molecule has 4 rings (SSSR count). The summed E-state index contributed by atoms with van der Waals surface area (Å²) in [5, 5.41) is 0.961. The monoisotopic (exact) mass is 405 g/mol. The van der Waals surface area contributed by atoms with Crippen LogP contribution < -0.4 is 9.47 Å². The second-order valence-corrected chi connectivity index (χ2v) is 7.19. The first-order chi connectivity index (χ1) is 14.7. The van der Waals surface area contributed by atoms with Gasteiger partial charge in [-0.25, -0.2) is 4.39 Å². The summed E-state index contributed by atoms with van der Waals surface area (Å²) in [5.74, 6) is 1.67. The number of nitrogens with zero attached hydrogens (tertiary/aromatic N) is 1. The molecule has 30 heavy (non-hydrogen) atoms. The van der Waals surface area contributed by atoms with Gasteiger partial charge >= 0.3 is 0 Å². The highest BCUT2D eigenvalue weighted by molar-refractivity contribution is 5.88. The number of aromatic nitrogens is 1. The normalized spacial score (nSPS) is 11.0. The summed E-state index contributed by atoms with van der Waals surface area (Å²) in [7, 11) is 0. The largest absolute Gasteiger partial charge is 0.493 e. The van der Waals surface area contributed by atoms with Gasteiger partial charge in [-0.1, -0.05) is 18.2 Å².